The van der Waals surface area contributed by atoms with Gasteiger partial charge in [0.15, 0.2) is 0 Å². The number of hydrogen-bond donors (Lipinski definition) is 2. The molecule has 100 valence electrons. The first-order valence-corrected chi connectivity index (χ1v) is 6.86. The van der Waals surface area contributed by atoms with Gasteiger partial charge in [-0.25, -0.2) is 4.39 Å². The molecule has 0 saturated heterocycles. The van der Waals surface area contributed by atoms with Crippen molar-refractivity contribution in [1.29, 1.82) is 0 Å². The van der Waals surface area contributed by atoms with E-state index in [9.17, 15) is 4.39 Å². The molecule has 0 aliphatic heterocycles. The van der Waals surface area contributed by atoms with E-state index < -0.39 is 0 Å². The van der Waals surface area contributed by atoms with Crippen LogP contribution in [0.3, 0.4) is 0 Å². The van der Waals surface area contributed by atoms with Gasteiger partial charge in [-0.1, -0.05) is 35.9 Å². The maximum Gasteiger partial charge on any atom is 0.137 e. The van der Waals surface area contributed by atoms with Gasteiger partial charge in [-0.15, -0.1) is 0 Å². The lowest BCUT2D eigenvalue weighted by molar-refractivity contribution is 0.543. The Labute approximate surface area is 120 Å². The van der Waals surface area contributed by atoms with E-state index in [0.29, 0.717) is 4.47 Å². The fraction of sp³-hybridized carbons (Fsp3) is 0.200. The van der Waals surface area contributed by atoms with Crippen LogP contribution in [0.2, 0.25) is 0 Å². The minimum Gasteiger partial charge on any atom is -0.271 e. The lowest BCUT2D eigenvalue weighted by Gasteiger charge is -2.17. The number of aryl methyl sites for hydroxylation is 1. The van der Waals surface area contributed by atoms with Crippen molar-refractivity contribution in [2.24, 2.45) is 5.84 Å². The molecule has 0 bridgehead atoms. The minimum atomic E-state index is -0.276. The summed E-state index contributed by atoms with van der Waals surface area (Å²) in [6.45, 7) is 2.05. The molecular formula is C15H16BrFN2. The molecule has 2 aromatic rings. The average Bonchev–Trinajstić information content (AvgIpc) is 2.39. The molecule has 0 heterocycles. The van der Waals surface area contributed by atoms with Crippen LogP contribution in [-0.2, 0) is 6.42 Å². The van der Waals surface area contributed by atoms with E-state index in [1.165, 1.54) is 17.2 Å². The Morgan fingerprint density at radius 3 is 2.68 bits per heavy atom. The third kappa shape index (κ3) is 3.62. The molecule has 2 rings (SSSR count). The Kier molecular flexibility index (Phi) is 4.69. The number of hydrazine groups is 1. The first kappa shape index (κ1) is 14.2. The van der Waals surface area contributed by atoms with Crippen LogP contribution >= 0.6 is 15.9 Å². The fourth-order valence-corrected chi connectivity index (χ4v) is 2.32. The topological polar surface area (TPSA) is 38.0 Å². The van der Waals surface area contributed by atoms with Crippen LogP contribution < -0.4 is 11.3 Å². The number of benzene rings is 2. The van der Waals surface area contributed by atoms with E-state index in [2.05, 4.69) is 27.4 Å². The van der Waals surface area contributed by atoms with Crippen molar-refractivity contribution in [3.63, 3.8) is 0 Å². The molecule has 0 aromatic heterocycles. The predicted molar refractivity (Wildman–Crippen MR) is 79.0 cm³/mol. The summed E-state index contributed by atoms with van der Waals surface area (Å²) in [5.74, 6) is 5.32. The van der Waals surface area contributed by atoms with Gasteiger partial charge in [-0.05, 0) is 52.5 Å². The van der Waals surface area contributed by atoms with Gasteiger partial charge in [0.05, 0.1) is 10.5 Å². The molecule has 0 radical (unpaired) electrons. The Morgan fingerprint density at radius 1 is 1.26 bits per heavy atom. The Bertz CT molecular complexity index is 572. The van der Waals surface area contributed by atoms with Crippen molar-refractivity contribution >= 4 is 15.9 Å². The summed E-state index contributed by atoms with van der Waals surface area (Å²) < 4.78 is 14.0. The molecule has 2 aromatic carbocycles. The third-order valence-corrected chi connectivity index (χ3v) is 3.71. The van der Waals surface area contributed by atoms with Crippen LogP contribution in [0.1, 0.15) is 22.7 Å². The fourth-order valence-electron chi connectivity index (χ4n) is 2.08. The first-order valence-electron chi connectivity index (χ1n) is 6.07. The molecule has 19 heavy (non-hydrogen) atoms. The molecule has 0 fully saturated rings. The van der Waals surface area contributed by atoms with Gasteiger partial charge >= 0.3 is 0 Å². The van der Waals surface area contributed by atoms with Crippen LogP contribution in [0.15, 0.2) is 46.9 Å². The zero-order chi connectivity index (χ0) is 13.8. The predicted octanol–water partition coefficient (Wildman–Crippen LogP) is 3.64. The Morgan fingerprint density at radius 2 is 2.05 bits per heavy atom. The lowest BCUT2D eigenvalue weighted by Crippen LogP contribution is -2.29. The molecule has 0 amide bonds. The molecular weight excluding hydrogens is 307 g/mol. The SMILES string of the molecule is Cc1cccc(CC(NN)c2ccc(Br)c(F)c2)c1. The van der Waals surface area contributed by atoms with Crippen molar-refractivity contribution in [3.8, 4) is 0 Å². The minimum absolute atomic E-state index is 0.107. The monoisotopic (exact) mass is 322 g/mol. The van der Waals surface area contributed by atoms with Crippen LogP contribution in [0.25, 0.3) is 0 Å². The average molecular weight is 323 g/mol. The quantitative estimate of drug-likeness (QED) is 0.666. The summed E-state index contributed by atoms with van der Waals surface area (Å²) in [5, 5.41) is 0. The number of nitrogens with one attached hydrogen (secondary N) is 1. The van der Waals surface area contributed by atoms with E-state index in [1.54, 1.807) is 6.07 Å². The van der Waals surface area contributed by atoms with E-state index in [0.717, 1.165) is 12.0 Å². The molecule has 1 unspecified atom stereocenters. The summed E-state index contributed by atoms with van der Waals surface area (Å²) in [7, 11) is 0. The maximum absolute atomic E-state index is 13.6. The molecule has 0 spiro atoms. The molecule has 2 nitrogen and oxygen atoms in total. The first-order chi connectivity index (χ1) is 9.10. The number of nitrogens with two attached hydrogens (primary N) is 1. The van der Waals surface area contributed by atoms with Crippen molar-refractivity contribution in [2.45, 2.75) is 19.4 Å². The maximum atomic E-state index is 13.6. The number of rotatable bonds is 4. The van der Waals surface area contributed by atoms with Gasteiger partial charge in [-0.2, -0.15) is 0 Å². The number of halogens is 2. The highest BCUT2D eigenvalue weighted by Crippen LogP contribution is 2.23. The van der Waals surface area contributed by atoms with Crippen molar-refractivity contribution in [3.05, 3.63) is 69.4 Å². The third-order valence-electron chi connectivity index (χ3n) is 3.07. The van der Waals surface area contributed by atoms with Crippen LogP contribution in [-0.4, -0.2) is 0 Å². The molecule has 1 atom stereocenters. The van der Waals surface area contributed by atoms with Gasteiger partial charge in [-0.3, -0.25) is 11.3 Å². The summed E-state index contributed by atoms with van der Waals surface area (Å²) >= 11 is 3.15. The summed E-state index contributed by atoms with van der Waals surface area (Å²) in [6, 6.07) is 13.2. The Hall–Kier alpha value is -1.23. The van der Waals surface area contributed by atoms with E-state index in [4.69, 9.17) is 5.84 Å². The van der Waals surface area contributed by atoms with E-state index in [-0.39, 0.29) is 11.9 Å². The summed E-state index contributed by atoms with van der Waals surface area (Å²) in [6.07, 6.45) is 0.721. The highest BCUT2D eigenvalue weighted by Gasteiger charge is 2.12. The van der Waals surface area contributed by atoms with Crippen LogP contribution in [0.5, 0.6) is 0 Å². The van der Waals surface area contributed by atoms with Gasteiger partial charge in [0, 0.05) is 0 Å². The van der Waals surface area contributed by atoms with E-state index in [1.807, 2.05) is 31.2 Å². The zero-order valence-corrected chi connectivity index (χ0v) is 12.2. The smallest absolute Gasteiger partial charge is 0.137 e. The highest BCUT2D eigenvalue weighted by molar-refractivity contribution is 9.10. The normalized spacial score (nSPS) is 12.4. The van der Waals surface area contributed by atoms with Gasteiger partial charge in [0.2, 0.25) is 0 Å². The van der Waals surface area contributed by atoms with Crippen molar-refractivity contribution in [2.75, 3.05) is 0 Å². The molecule has 3 N–H and O–H groups in total. The highest BCUT2D eigenvalue weighted by atomic mass is 79.9. The molecule has 0 aliphatic carbocycles. The standard InChI is InChI=1S/C15H16BrFN2/c1-10-3-2-4-11(7-10)8-15(19-18)12-5-6-13(16)14(17)9-12/h2-7,9,15,19H,8,18H2,1H3. The number of hydrogen-bond acceptors (Lipinski definition) is 2. The molecule has 0 aliphatic rings. The van der Waals surface area contributed by atoms with Gasteiger partial charge in [0.1, 0.15) is 5.82 Å². The van der Waals surface area contributed by atoms with Crippen molar-refractivity contribution in [1.82, 2.24) is 5.43 Å². The molecule has 0 saturated carbocycles. The zero-order valence-electron chi connectivity index (χ0n) is 10.7. The summed E-state index contributed by atoms with van der Waals surface area (Å²) in [4.78, 5) is 0. The second kappa shape index (κ2) is 6.28. The Balaban J connectivity index is 2.22. The molecule has 4 heteroatoms. The van der Waals surface area contributed by atoms with Gasteiger partial charge in [0.25, 0.3) is 0 Å². The lowest BCUT2D eigenvalue weighted by atomic mass is 9.98. The summed E-state index contributed by atoms with van der Waals surface area (Å²) in [5.41, 5.74) is 5.97. The van der Waals surface area contributed by atoms with Crippen LogP contribution in [0.4, 0.5) is 4.39 Å². The van der Waals surface area contributed by atoms with Crippen LogP contribution in [0, 0.1) is 12.7 Å². The second-order valence-electron chi connectivity index (χ2n) is 4.59. The van der Waals surface area contributed by atoms with Gasteiger partial charge < -0.3 is 0 Å². The van der Waals surface area contributed by atoms with Crippen molar-refractivity contribution < 1.29 is 4.39 Å². The van der Waals surface area contributed by atoms with E-state index >= 15 is 0 Å². The largest absolute Gasteiger partial charge is 0.271 e. The second-order valence-corrected chi connectivity index (χ2v) is 5.44.